The summed E-state index contributed by atoms with van der Waals surface area (Å²) in [5.74, 6) is 0. The van der Waals surface area contributed by atoms with Gasteiger partial charge in [0.25, 0.3) is 0 Å². The van der Waals surface area contributed by atoms with Crippen LogP contribution in [-0.2, 0) is 9.47 Å². The first-order valence-corrected chi connectivity index (χ1v) is 6.79. The van der Waals surface area contributed by atoms with Crippen LogP contribution >= 0.6 is 0 Å². The maximum atomic E-state index is 5.78. The van der Waals surface area contributed by atoms with Crippen LogP contribution in [0.15, 0.2) is 0 Å². The molecule has 1 saturated heterocycles. The van der Waals surface area contributed by atoms with Crippen molar-refractivity contribution in [3.8, 4) is 0 Å². The van der Waals surface area contributed by atoms with E-state index in [4.69, 9.17) is 9.47 Å². The third kappa shape index (κ3) is 5.82. The number of nitrogens with one attached hydrogen (secondary N) is 1. The fourth-order valence-corrected chi connectivity index (χ4v) is 2.27. The minimum atomic E-state index is 0.412. The van der Waals surface area contributed by atoms with Gasteiger partial charge in [-0.3, -0.25) is 4.90 Å². The van der Waals surface area contributed by atoms with Crippen LogP contribution in [0.5, 0.6) is 0 Å². The van der Waals surface area contributed by atoms with Crippen LogP contribution in [0.4, 0.5) is 0 Å². The van der Waals surface area contributed by atoms with E-state index in [0.717, 1.165) is 32.8 Å². The zero-order valence-electron chi connectivity index (χ0n) is 11.6. The van der Waals surface area contributed by atoms with Crippen LogP contribution < -0.4 is 5.32 Å². The average molecular weight is 244 g/mol. The number of ether oxygens (including phenoxy) is 2. The Kier molecular flexibility index (Phi) is 7.77. The number of likely N-dealkylation sites (N-methyl/N-ethyl adjacent to an activating group) is 2. The standard InChI is InChI=1S/C13H28N2O2/c1-4-14-9-12(11-16-3)15(2)10-13-7-5-6-8-17-13/h12-14H,4-11H2,1-3H3. The minimum Gasteiger partial charge on any atom is -0.383 e. The molecule has 2 unspecified atom stereocenters. The van der Waals surface area contributed by atoms with E-state index in [2.05, 4.69) is 24.2 Å². The summed E-state index contributed by atoms with van der Waals surface area (Å²) >= 11 is 0. The molecule has 1 aliphatic rings. The summed E-state index contributed by atoms with van der Waals surface area (Å²) < 4.78 is 11.1. The molecule has 0 aromatic carbocycles. The maximum absolute atomic E-state index is 5.78. The molecule has 1 N–H and O–H groups in total. The molecule has 17 heavy (non-hydrogen) atoms. The molecule has 0 aliphatic carbocycles. The van der Waals surface area contributed by atoms with Crippen LogP contribution in [0.25, 0.3) is 0 Å². The van der Waals surface area contributed by atoms with Crippen LogP contribution in [0.3, 0.4) is 0 Å². The van der Waals surface area contributed by atoms with Gasteiger partial charge in [0.2, 0.25) is 0 Å². The molecule has 0 radical (unpaired) electrons. The smallest absolute Gasteiger partial charge is 0.0702 e. The molecule has 0 saturated carbocycles. The largest absolute Gasteiger partial charge is 0.383 e. The molecule has 1 heterocycles. The van der Waals surface area contributed by atoms with Gasteiger partial charge in [-0.2, -0.15) is 0 Å². The van der Waals surface area contributed by atoms with Crippen molar-refractivity contribution in [3.05, 3.63) is 0 Å². The van der Waals surface area contributed by atoms with Crippen molar-refractivity contribution in [1.29, 1.82) is 0 Å². The van der Waals surface area contributed by atoms with Crippen molar-refractivity contribution in [2.24, 2.45) is 0 Å². The van der Waals surface area contributed by atoms with Gasteiger partial charge in [0.15, 0.2) is 0 Å². The van der Waals surface area contributed by atoms with Gasteiger partial charge in [-0.1, -0.05) is 6.92 Å². The van der Waals surface area contributed by atoms with Crippen molar-refractivity contribution < 1.29 is 9.47 Å². The van der Waals surface area contributed by atoms with Gasteiger partial charge in [-0.05, 0) is 32.9 Å². The number of hydrogen-bond donors (Lipinski definition) is 1. The van der Waals surface area contributed by atoms with E-state index >= 15 is 0 Å². The normalized spacial score (nSPS) is 22.9. The van der Waals surface area contributed by atoms with E-state index in [-0.39, 0.29) is 0 Å². The highest BCUT2D eigenvalue weighted by Gasteiger charge is 2.20. The lowest BCUT2D eigenvalue weighted by molar-refractivity contribution is -0.0146. The molecule has 1 rings (SSSR count). The van der Waals surface area contributed by atoms with Crippen LogP contribution in [-0.4, -0.2) is 64.1 Å². The fourth-order valence-electron chi connectivity index (χ4n) is 2.27. The van der Waals surface area contributed by atoms with Crippen LogP contribution in [0.2, 0.25) is 0 Å². The Labute approximate surface area is 106 Å². The predicted octanol–water partition coefficient (Wildman–Crippen LogP) is 1.11. The molecule has 4 nitrogen and oxygen atoms in total. The summed E-state index contributed by atoms with van der Waals surface area (Å²) in [5.41, 5.74) is 0. The van der Waals surface area contributed by atoms with E-state index in [1.807, 2.05) is 0 Å². The molecule has 1 fully saturated rings. The van der Waals surface area contributed by atoms with Gasteiger partial charge < -0.3 is 14.8 Å². The lowest BCUT2D eigenvalue weighted by atomic mass is 10.1. The Morgan fingerprint density at radius 1 is 1.47 bits per heavy atom. The summed E-state index contributed by atoms with van der Waals surface area (Å²) in [4.78, 5) is 2.36. The van der Waals surface area contributed by atoms with Gasteiger partial charge in [0.05, 0.1) is 12.7 Å². The third-order valence-corrected chi connectivity index (χ3v) is 3.38. The summed E-state index contributed by atoms with van der Waals surface area (Å²) in [6.45, 7) is 6.84. The average Bonchev–Trinajstić information content (AvgIpc) is 2.35. The van der Waals surface area contributed by atoms with Gasteiger partial charge in [-0.25, -0.2) is 0 Å². The van der Waals surface area contributed by atoms with Crippen LogP contribution in [0.1, 0.15) is 26.2 Å². The maximum Gasteiger partial charge on any atom is 0.0702 e. The lowest BCUT2D eigenvalue weighted by Gasteiger charge is -2.32. The molecular formula is C13H28N2O2. The SMILES string of the molecule is CCNCC(COC)N(C)CC1CCCCO1. The molecular weight excluding hydrogens is 216 g/mol. The molecule has 0 bridgehead atoms. The molecule has 2 atom stereocenters. The Morgan fingerprint density at radius 3 is 2.88 bits per heavy atom. The summed E-state index contributed by atoms with van der Waals surface area (Å²) in [6, 6.07) is 0.436. The molecule has 0 aromatic heterocycles. The summed E-state index contributed by atoms with van der Waals surface area (Å²) in [5, 5.41) is 3.39. The van der Waals surface area contributed by atoms with Gasteiger partial charge in [0.1, 0.15) is 0 Å². The number of methoxy groups -OCH3 is 1. The summed E-state index contributed by atoms with van der Waals surface area (Å²) in [7, 11) is 3.93. The number of hydrogen-bond acceptors (Lipinski definition) is 4. The topological polar surface area (TPSA) is 33.7 Å². The highest BCUT2D eigenvalue weighted by atomic mass is 16.5. The van der Waals surface area contributed by atoms with Crippen molar-refractivity contribution in [3.63, 3.8) is 0 Å². The fraction of sp³-hybridized carbons (Fsp3) is 1.00. The van der Waals surface area contributed by atoms with E-state index < -0.39 is 0 Å². The number of nitrogens with zero attached hydrogens (tertiary/aromatic N) is 1. The Balaban J connectivity index is 2.31. The first kappa shape index (κ1) is 14.9. The Morgan fingerprint density at radius 2 is 2.29 bits per heavy atom. The van der Waals surface area contributed by atoms with E-state index in [1.165, 1.54) is 19.3 Å². The van der Waals surface area contributed by atoms with E-state index in [0.29, 0.717) is 12.1 Å². The quantitative estimate of drug-likeness (QED) is 0.693. The van der Waals surface area contributed by atoms with Crippen molar-refractivity contribution in [1.82, 2.24) is 10.2 Å². The number of rotatable bonds is 8. The van der Waals surface area contributed by atoms with E-state index in [9.17, 15) is 0 Å². The van der Waals surface area contributed by atoms with Gasteiger partial charge in [0, 0.05) is 32.8 Å². The highest BCUT2D eigenvalue weighted by Crippen LogP contribution is 2.14. The van der Waals surface area contributed by atoms with Gasteiger partial charge >= 0.3 is 0 Å². The molecule has 1 aliphatic heterocycles. The zero-order valence-corrected chi connectivity index (χ0v) is 11.6. The molecule has 0 amide bonds. The summed E-state index contributed by atoms with van der Waals surface area (Å²) in [6.07, 6.45) is 4.14. The second-order valence-electron chi connectivity index (χ2n) is 4.84. The first-order chi connectivity index (χ1) is 8.27. The zero-order chi connectivity index (χ0) is 12.5. The first-order valence-electron chi connectivity index (χ1n) is 6.79. The highest BCUT2D eigenvalue weighted by molar-refractivity contribution is 4.75. The second kappa shape index (κ2) is 8.86. The lowest BCUT2D eigenvalue weighted by Crippen LogP contribution is -2.46. The molecule has 102 valence electrons. The van der Waals surface area contributed by atoms with E-state index in [1.54, 1.807) is 7.11 Å². The van der Waals surface area contributed by atoms with Crippen LogP contribution in [0, 0.1) is 0 Å². The predicted molar refractivity (Wildman–Crippen MR) is 70.4 cm³/mol. The molecule has 0 aromatic rings. The molecule has 4 heteroatoms. The minimum absolute atomic E-state index is 0.412. The van der Waals surface area contributed by atoms with Crippen molar-refractivity contribution in [2.45, 2.75) is 38.3 Å². The Hall–Kier alpha value is -0.160. The monoisotopic (exact) mass is 244 g/mol. The van der Waals surface area contributed by atoms with Crippen molar-refractivity contribution in [2.75, 3.05) is 47.0 Å². The van der Waals surface area contributed by atoms with Crippen molar-refractivity contribution >= 4 is 0 Å². The second-order valence-corrected chi connectivity index (χ2v) is 4.84. The molecule has 0 spiro atoms. The van der Waals surface area contributed by atoms with Gasteiger partial charge in [-0.15, -0.1) is 0 Å². The third-order valence-electron chi connectivity index (χ3n) is 3.38. The Bertz CT molecular complexity index is 184.